The molecular weight excluding hydrogens is 360 g/mol. The van der Waals surface area contributed by atoms with Crippen LogP contribution in [0, 0.1) is 0 Å². The van der Waals surface area contributed by atoms with Crippen molar-refractivity contribution in [1.29, 1.82) is 0 Å². The number of carbonyl (C=O) groups excluding carboxylic acids is 1. The lowest BCUT2D eigenvalue weighted by molar-refractivity contribution is 0.0942. The van der Waals surface area contributed by atoms with E-state index >= 15 is 0 Å². The van der Waals surface area contributed by atoms with Crippen LogP contribution in [0.15, 0.2) is 28.1 Å². The Morgan fingerprint density at radius 2 is 2.26 bits per heavy atom. The zero-order valence-corrected chi connectivity index (χ0v) is 16.5. The summed E-state index contributed by atoms with van der Waals surface area (Å²) >= 11 is 1.57. The Bertz CT molecular complexity index is 730. The second-order valence-corrected chi connectivity index (χ2v) is 8.45. The van der Waals surface area contributed by atoms with E-state index in [4.69, 9.17) is 4.52 Å². The van der Waals surface area contributed by atoms with Crippen LogP contribution in [0.1, 0.15) is 42.6 Å². The van der Waals surface area contributed by atoms with Crippen LogP contribution >= 0.6 is 11.3 Å². The first-order valence-electron chi connectivity index (χ1n) is 10.0. The van der Waals surface area contributed by atoms with E-state index in [1.54, 1.807) is 17.4 Å². The fraction of sp³-hybridized carbons (Fsp3) is 0.600. The summed E-state index contributed by atoms with van der Waals surface area (Å²) in [4.78, 5) is 18.4. The summed E-state index contributed by atoms with van der Waals surface area (Å²) in [7, 11) is 0. The van der Waals surface area contributed by atoms with Gasteiger partial charge in [-0.1, -0.05) is 17.6 Å². The standard InChI is InChI=1S/C20H28N4O2S/c25-20(17-14-18(26-22-17)19-7-5-13-27-19)21-8-2-1-3-9-23-11-12-24-10-4-6-16(24)15-23/h5,7,13-14,16H,1-4,6,8-12,15H2,(H,21,25). The van der Waals surface area contributed by atoms with Gasteiger partial charge < -0.3 is 14.7 Å². The molecule has 2 aliphatic heterocycles. The monoisotopic (exact) mass is 388 g/mol. The predicted octanol–water partition coefficient (Wildman–Crippen LogP) is 3.08. The van der Waals surface area contributed by atoms with Gasteiger partial charge in [0.15, 0.2) is 11.5 Å². The molecule has 2 aromatic rings. The van der Waals surface area contributed by atoms with E-state index in [2.05, 4.69) is 20.3 Å². The Morgan fingerprint density at radius 3 is 3.15 bits per heavy atom. The van der Waals surface area contributed by atoms with Gasteiger partial charge in [-0.15, -0.1) is 11.3 Å². The van der Waals surface area contributed by atoms with Crippen molar-refractivity contribution in [3.05, 3.63) is 29.3 Å². The highest BCUT2D eigenvalue weighted by Crippen LogP contribution is 2.25. The zero-order chi connectivity index (χ0) is 18.5. The van der Waals surface area contributed by atoms with Crippen LogP contribution in [-0.4, -0.2) is 66.2 Å². The maximum atomic E-state index is 12.2. The van der Waals surface area contributed by atoms with Gasteiger partial charge in [0, 0.05) is 38.3 Å². The van der Waals surface area contributed by atoms with Crippen molar-refractivity contribution >= 4 is 17.2 Å². The smallest absolute Gasteiger partial charge is 0.273 e. The largest absolute Gasteiger partial charge is 0.355 e. The number of rotatable bonds is 8. The maximum absolute atomic E-state index is 12.2. The molecule has 2 aromatic heterocycles. The van der Waals surface area contributed by atoms with Crippen LogP contribution in [0.3, 0.4) is 0 Å². The Kier molecular flexibility index (Phi) is 6.21. The van der Waals surface area contributed by atoms with Crippen molar-refractivity contribution < 1.29 is 9.32 Å². The van der Waals surface area contributed by atoms with Crippen molar-refractivity contribution in [3.63, 3.8) is 0 Å². The zero-order valence-electron chi connectivity index (χ0n) is 15.7. The molecule has 2 fully saturated rings. The minimum atomic E-state index is -0.154. The molecule has 0 saturated carbocycles. The molecule has 0 aliphatic carbocycles. The van der Waals surface area contributed by atoms with Crippen LogP contribution in [0.2, 0.25) is 0 Å². The van der Waals surface area contributed by atoms with E-state index < -0.39 is 0 Å². The quantitative estimate of drug-likeness (QED) is 0.704. The average Bonchev–Trinajstić information content (AvgIpc) is 3.44. The number of nitrogens with zero attached hydrogens (tertiary/aromatic N) is 3. The minimum absolute atomic E-state index is 0.154. The normalized spacial score (nSPS) is 20.7. The van der Waals surface area contributed by atoms with Gasteiger partial charge in [0.05, 0.1) is 4.88 Å². The van der Waals surface area contributed by atoms with Crippen molar-refractivity contribution in [2.24, 2.45) is 0 Å². The van der Waals surface area contributed by atoms with E-state index in [1.807, 2.05) is 17.5 Å². The molecule has 0 spiro atoms. The molecular formula is C20H28N4O2S. The Morgan fingerprint density at radius 1 is 1.30 bits per heavy atom. The fourth-order valence-corrected chi connectivity index (χ4v) is 4.78. The lowest BCUT2D eigenvalue weighted by atomic mass is 10.1. The predicted molar refractivity (Wildman–Crippen MR) is 107 cm³/mol. The van der Waals surface area contributed by atoms with Gasteiger partial charge in [-0.25, -0.2) is 0 Å². The number of amides is 1. The molecule has 7 heteroatoms. The summed E-state index contributed by atoms with van der Waals surface area (Å²) < 4.78 is 5.26. The average molecular weight is 389 g/mol. The number of piperazine rings is 1. The van der Waals surface area contributed by atoms with Gasteiger partial charge in [-0.3, -0.25) is 9.69 Å². The minimum Gasteiger partial charge on any atom is -0.355 e. The number of unbranched alkanes of at least 4 members (excludes halogenated alkanes) is 2. The van der Waals surface area contributed by atoms with Gasteiger partial charge in [-0.2, -0.15) is 0 Å². The molecule has 0 radical (unpaired) electrons. The van der Waals surface area contributed by atoms with E-state index in [0.29, 0.717) is 18.0 Å². The van der Waals surface area contributed by atoms with Crippen LogP contribution in [-0.2, 0) is 0 Å². The molecule has 2 saturated heterocycles. The van der Waals surface area contributed by atoms with Crippen molar-refractivity contribution in [1.82, 2.24) is 20.3 Å². The fourth-order valence-electron chi connectivity index (χ4n) is 4.11. The van der Waals surface area contributed by atoms with Gasteiger partial charge in [0.1, 0.15) is 0 Å². The summed E-state index contributed by atoms with van der Waals surface area (Å²) in [5.74, 6) is 0.497. The first kappa shape index (κ1) is 18.7. The lowest BCUT2D eigenvalue weighted by Gasteiger charge is -2.37. The Hall–Kier alpha value is -1.70. The van der Waals surface area contributed by atoms with E-state index in [-0.39, 0.29) is 5.91 Å². The summed E-state index contributed by atoms with van der Waals surface area (Å²) in [6.45, 7) is 6.88. The number of aromatic nitrogens is 1. The van der Waals surface area contributed by atoms with Gasteiger partial charge in [-0.05, 0) is 50.2 Å². The third-order valence-corrected chi connectivity index (χ3v) is 6.50. The Balaban J connectivity index is 1.10. The SMILES string of the molecule is O=C(NCCCCCN1CCN2CCCC2C1)c1cc(-c2cccs2)on1. The second kappa shape index (κ2) is 8.99. The second-order valence-electron chi connectivity index (χ2n) is 7.50. The molecule has 0 bridgehead atoms. The molecule has 4 rings (SSSR count). The summed E-state index contributed by atoms with van der Waals surface area (Å²) in [5.41, 5.74) is 0.354. The van der Waals surface area contributed by atoms with Crippen LogP contribution in [0.25, 0.3) is 10.6 Å². The number of fused-ring (bicyclic) bond motifs is 1. The molecule has 146 valence electrons. The molecule has 1 N–H and O–H groups in total. The highest BCUT2D eigenvalue weighted by molar-refractivity contribution is 7.13. The van der Waals surface area contributed by atoms with Crippen molar-refractivity contribution in [3.8, 4) is 10.6 Å². The maximum Gasteiger partial charge on any atom is 0.273 e. The van der Waals surface area contributed by atoms with E-state index in [0.717, 1.165) is 23.8 Å². The number of hydrogen-bond donors (Lipinski definition) is 1. The molecule has 2 aliphatic rings. The van der Waals surface area contributed by atoms with E-state index in [9.17, 15) is 4.79 Å². The van der Waals surface area contributed by atoms with Crippen LogP contribution in [0.4, 0.5) is 0 Å². The first-order valence-corrected chi connectivity index (χ1v) is 10.9. The molecule has 27 heavy (non-hydrogen) atoms. The van der Waals surface area contributed by atoms with Gasteiger partial charge >= 0.3 is 0 Å². The van der Waals surface area contributed by atoms with Crippen molar-refractivity contribution in [2.75, 3.05) is 39.3 Å². The lowest BCUT2D eigenvalue weighted by Crippen LogP contribution is -2.50. The third kappa shape index (κ3) is 4.78. The van der Waals surface area contributed by atoms with E-state index in [1.165, 1.54) is 52.0 Å². The number of hydrogen-bond acceptors (Lipinski definition) is 6. The molecule has 6 nitrogen and oxygen atoms in total. The summed E-state index contributed by atoms with van der Waals surface area (Å²) in [6, 6.07) is 6.43. The molecule has 1 unspecified atom stereocenters. The number of nitrogens with one attached hydrogen (secondary N) is 1. The highest BCUT2D eigenvalue weighted by Gasteiger charge is 2.29. The molecule has 1 amide bonds. The first-order chi connectivity index (χ1) is 13.3. The molecule has 1 atom stereocenters. The third-order valence-electron chi connectivity index (χ3n) is 5.61. The summed E-state index contributed by atoms with van der Waals surface area (Å²) in [6.07, 6.45) is 6.10. The van der Waals surface area contributed by atoms with Crippen LogP contribution in [0.5, 0.6) is 0 Å². The van der Waals surface area contributed by atoms with Crippen molar-refractivity contribution in [2.45, 2.75) is 38.1 Å². The molecule has 0 aromatic carbocycles. The number of thiophene rings is 1. The van der Waals surface area contributed by atoms with Crippen LogP contribution < -0.4 is 5.32 Å². The van der Waals surface area contributed by atoms with Gasteiger partial charge in [0.25, 0.3) is 5.91 Å². The Labute approximate surface area is 164 Å². The summed E-state index contributed by atoms with van der Waals surface area (Å²) in [5, 5.41) is 8.81. The number of carbonyl (C=O) groups is 1. The molecule has 4 heterocycles. The topological polar surface area (TPSA) is 61.6 Å². The van der Waals surface area contributed by atoms with Gasteiger partial charge in [0.2, 0.25) is 0 Å². The highest BCUT2D eigenvalue weighted by atomic mass is 32.1.